The Labute approximate surface area is 135 Å². The molecule has 118 valence electrons. The van der Waals surface area contributed by atoms with Crippen LogP contribution in [0.1, 0.15) is 5.56 Å². The zero-order valence-electron chi connectivity index (χ0n) is 11.5. The van der Waals surface area contributed by atoms with Crippen LogP contribution in [-0.4, -0.2) is 11.5 Å². The van der Waals surface area contributed by atoms with E-state index in [1.807, 2.05) is 6.07 Å². The predicted molar refractivity (Wildman–Crippen MR) is 84.1 cm³/mol. The second kappa shape index (κ2) is 6.98. The van der Waals surface area contributed by atoms with Crippen molar-refractivity contribution in [2.45, 2.75) is 6.36 Å². The van der Waals surface area contributed by atoms with Crippen LogP contribution in [0.2, 0.25) is 0 Å². The predicted octanol–water partition coefficient (Wildman–Crippen LogP) is 4.27. The number of nitriles is 1. The van der Waals surface area contributed by atoms with Gasteiger partial charge >= 0.3 is 6.36 Å². The average molecular weight is 337 g/mol. The van der Waals surface area contributed by atoms with Crippen molar-refractivity contribution >= 4 is 28.7 Å². The molecule has 0 saturated carbocycles. The summed E-state index contributed by atoms with van der Waals surface area (Å²) in [5.41, 5.74) is 1.38. The van der Waals surface area contributed by atoms with Crippen LogP contribution in [0.25, 0.3) is 0 Å². The molecule has 0 amide bonds. The van der Waals surface area contributed by atoms with Crippen molar-refractivity contribution in [1.82, 2.24) is 0 Å². The van der Waals surface area contributed by atoms with E-state index in [2.05, 4.69) is 15.4 Å². The van der Waals surface area contributed by atoms with Gasteiger partial charge in [0.2, 0.25) is 0 Å². The summed E-state index contributed by atoms with van der Waals surface area (Å²) in [6.07, 6.45) is -4.75. The number of halogens is 3. The van der Waals surface area contributed by atoms with Crippen LogP contribution in [0.5, 0.6) is 5.75 Å². The number of rotatable bonds is 3. The highest BCUT2D eigenvalue weighted by Crippen LogP contribution is 2.25. The van der Waals surface area contributed by atoms with Gasteiger partial charge in [-0.05, 0) is 42.5 Å². The summed E-state index contributed by atoms with van der Waals surface area (Å²) in [7, 11) is 0. The molecule has 0 bridgehead atoms. The third-order valence-electron chi connectivity index (χ3n) is 2.58. The van der Waals surface area contributed by atoms with Crippen LogP contribution >= 0.6 is 12.2 Å². The number of benzene rings is 2. The van der Waals surface area contributed by atoms with Crippen molar-refractivity contribution in [1.29, 1.82) is 5.26 Å². The van der Waals surface area contributed by atoms with Crippen LogP contribution in [-0.2, 0) is 0 Å². The molecule has 0 fully saturated rings. The van der Waals surface area contributed by atoms with Gasteiger partial charge in [0.05, 0.1) is 11.6 Å². The van der Waals surface area contributed by atoms with Gasteiger partial charge in [0.1, 0.15) is 5.75 Å². The SMILES string of the molecule is N#Cc1cccc(NC(=S)Nc2cccc(OC(F)(F)F)c2)c1. The molecule has 0 radical (unpaired) electrons. The minimum Gasteiger partial charge on any atom is -0.406 e. The maximum absolute atomic E-state index is 12.2. The summed E-state index contributed by atoms with van der Waals surface area (Å²) in [5.74, 6) is -0.350. The van der Waals surface area contributed by atoms with Crippen molar-refractivity contribution in [3.63, 3.8) is 0 Å². The summed E-state index contributed by atoms with van der Waals surface area (Å²) in [6.45, 7) is 0. The van der Waals surface area contributed by atoms with Crippen LogP contribution in [0.4, 0.5) is 24.5 Å². The lowest BCUT2D eigenvalue weighted by Crippen LogP contribution is -2.20. The molecule has 23 heavy (non-hydrogen) atoms. The van der Waals surface area contributed by atoms with Gasteiger partial charge in [0.25, 0.3) is 0 Å². The van der Waals surface area contributed by atoms with E-state index in [0.717, 1.165) is 0 Å². The molecule has 0 heterocycles. The Morgan fingerprint density at radius 2 is 1.65 bits per heavy atom. The molecule has 4 nitrogen and oxygen atoms in total. The lowest BCUT2D eigenvalue weighted by Gasteiger charge is -2.13. The number of hydrogen-bond donors (Lipinski definition) is 2. The molecule has 0 aliphatic carbocycles. The van der Waals surface area contributed by atoms with Gasteiger partial charge in [-0.2, -0.15) is 5.26 Å². The molecule has 2 rings (SSSR count). The summed E-state index contributed by atoms with van der Waals surface area (Å²) in [4.78, 5) is 0. The number of nitrogens with zero attached hydrogens (tertiary/aromatic N) is 1. The molecule has 0 spiro atoms. The maximum Gasteiger partial charge on any atom is 0.573 e. The molecule has 0 atom stereocenters. The van der Waals surface area contributed by atoms with Crippen molar-refractivity contribution in [3.05, 3.63) is 54.1 Å². The van der Waals surface area contributed by atoms with Crippen molar-refractivity contribution in [2.24, 2.45) is 0 Å². The Kier molecular flexibility index (Phi) is 5.03. The van der Waals surface area contributed by atoms with Gasteiger partial charge in [0, 0.05) is 17.4 Å². The lowest BCUT2D eigenvalue weighted by molar-refractivity contribution is -0.274. The third kappa shape index (κ3) is 5.48. The van der Waals surface area contributed by atoms with Crippen molar-refractivity contribution in [2.75, 3.05) is 10.6 Å². The molecular formula is C15H10F3N3OS. The standard InChI is InChI=1S/C15H10F3N3OS/c16-15(17,18)22-13-6-2-5-12(8-13)21-14(23)20-11-4-1-3-10(7-11)9-19/h1-8H,(H2,20,21,23). The Hall–Kier alpha value is -2.79. The monoisotopic (exact) mass is 337 g/mol. The minimum atomic E-state index is -4.75. The number of hydrogen-bond acceptors (Lipinski definition) is 3. The van der Waals surface area contributed by atoms with Crippen molar-refractivity contribution in [3.8, 4) is 11.8 Å². The Morgan fingerprint density at radius 1 is 1.04 bits per heavy atom. The topological polar surface area (TPSA) is 57.1 Å². The highest BCUT2D eigenvalue weighted by molar-refractivity contribution is 7.80. The normalized spacial score (nSPS) is 10.5. The fourth-order valence-electron chi connectivity index (χ4n) is 1.73. The molecule has 2 aromatic carbocycles. The van der Waals surface area contributed by atoms with E-state index in [-0.39, 0.29) is 10.9 Å². The van der Waals surface area contributed by atoms with Crippen LogP contribution < -0.4 is 15.4 Å². The zero-order valence-corrected chi connectivity index (χ0v) is 12.3. The van der Waals surface area contributed by atoms with Gasteiger partial charge in [-0.15, -0.1) is 13.2 Å². The smallest absolute Gasteiger partial charge is 0.406 e. The summed E-state index contributed by atoms with van der Waals surface area (Å²) in [6, 6.07) is 13.9. The highest BCUT2D eigenvalue weighted by atomic mass is 32.1. The molecule has 2 N–H and O–H groups in total. The van der Waals surface area contributed by atoms with Gasteiger partial charge in [0.15, 0.2) is 5.11 Å². The molecule has 2 aromatic rings. The summed E-state index contributed by atoms with van der Waals surface area (Å²) >= 11 is 5.08. The Morgan fingerprint density at radius 3 is 2.26 bits per heavy atom. The first kappa shape index (κ1) is 16.6. The Balaban J connectivity index is 2.02. The molecule has 0 saturated heterocycles. The second-order valence-electron chi connectivity index (χ2n) is 4.35. The first-order valence-electron chi connectivity index (χ1n) is 6.30. The number of thiocarbonyl (C=S) groups is 1. The summed E-state index contributed by atoms with van der Waals surface area (Å²) < 4.78 is 40.4. The fraction of sp³-hybridized carbons (Fsp3) is 0.0667. The number of nitrogens with one attached hydrogen (secondary N) is 2. The number of alkyl halides is 3. The maximum atomic E-state index is 12.2. The van der Waals surface area contributed by atoms with Gasteiger partial charge in [-0.25, -0.2) is 0 Å². The van der Waals surface area contributed by atoms with E-state index in [9.17, 15) is 13.2 Å². The molecular weight excluding hydrogens is 327 g/mol. The molecule has 8 heteroatoms. The quantitative estimate of drug-likeness (QED) is 0.820. The second-order valence-corrected chi connectivity index (χ2v) is 4.76. The fourth-order valence-corrected chi connectivity index (χ4v) is 1.97. The highest BCUT2D eigenvalue weighted by Gasteiger charge is 2.31. The van der Waals surface area contributed by atoms with Crippen LogP contribution in [0.3, 0.4) is 0 Å². The Bertz CT molecular complexity index is 756. The van der Waals surface area contributed by atoms with E-state index >= 15 is 0 Å². The van der Waals surface area contributed by atoms with E-state index in [4.69, 9.17) is 17.5 Å². The first-order valence-corrected chi connectivity index (χ1v) is 6.70. The van der Waals surface area contributed by atoms with Crippen molar-refractivity contribution < 1.29 is 17.9 Å². The molecule has 0 aliphatic rings. The molecule has 0 aromatic heterocycles. The largest absolute Gasteiger partial charge is 0.573 e. The molecule has 0 aliphatic heterocycles. The average Bonchev–Trinajstić information content (AvgIpc) is 2.45. The first-order chi connectivity index (χ1) is 10.9. The van der Waals surface area contributed by atoms with E-state index in [1.54, 1.807) is 30.3 Å². The van der Waals surface area contributed by atoms with Gasteiger partial charge in [-0.1, -0.05) is 12.1 Å². The summed E-state index contributed by atoms with van der Waals surface area (Å²) in [5, 5.41) is 14.6. The van der Waals surface area contributed by atoms with Crippen LogP contribution in [0.15, 0.2) is 48.5 Å². The number of anilines is 2. The van der Waals surface area contributed by atoms with E-state index < -0.39 is 6.36 Å². The van der Waals surface area contributed by atoms with Crippen LogP contribution in [0, 0.1) is 11.3 Å². The van der Waals surface area contributed by atoms with E-state index in [0.29, 0.717) is 16.9 Å². The minimum absolute atomic E-state index is 0.171. The third-order valence-corrected chi connectivity index (χ3v) is 2.78. The van der Waals surface area contributed by atoms with E-state index in [1.165, 1.54) is 18.2 Å². The molecule has 0 unspecified atom stereocenters. The number of ether oxygens (including phenoxy) is 1. The zero-order chi connectivity index (χ0) is 16.9. The van der Waals surface area contributed by atoms with Gasteiger partial charge in [-0.3, -0.25) is 0 Å². The lowest BCUT2D eigenvalue weighted by atomic mass is 10.2. The van der Waals surface area contributed by atoms with Gasteiger partial charge < -0.3 is 15.4 Å².